The molecule has 0 spiro atoms. The van der Waals surface area contributed by atoms with Crippen LogP contribution < -0.4 is 4.90 Å². The van der Waals surface area contributed by atoms with Crippen molar-refractivity contribution in [1.29, 1.82) is 0 Å². The van der Waals surface area contributed by atoms with Crippen LogP contribution in [0.15, 0.2) is 61.1 Å². The van der Waals surface area contributed by atoms with E-state index in [1.165, 1.54) is 5.56 Å². The molecule has 6 nitrogen and oxygen atoms in total. The zero-order valence-corrected chi connectivity index (χ0v) is 17.8. The predicted octanol–water partition coefficient (Wildman–Crippen LogP) is 4.44. The third-order valence-electron chi connectivity index (χ3n) is 5.41. The van der Waals surface area contributed by atoms with Crippen LogP contribution in [0.1, 0.15) is 5.56 Å². The highest BCUT2D eigenvalue weighted by atomic mass is 35.5. The first kappa shape index (κ1) is 19.3. The molecular weight excluding hydrogens is 419 g/mol. The Hall–Kier alpha value is -2.67. The highest BCUT2D eigenvalue weighted by Crippen LogP contribution is 2.26. The molecule has 8 heteroatoms. The van der Waals surface area contributed by atoms with Crippen molar-refractivity contribution in [2.24, 2.45) is 0 Å². The van der Waals surface area contributed by atoms with Crippen LogP contribution in [0.2, 0.25) is 10.0 Å². The van der Waals surface area contributed by atoms with E-state index in [9.17, 15) is 0 Å². The lowest BCUT2D eigenvalue weighted by Crippen LogP contribution is -2.46. The molecule has 1 aliphatic heterocycles. The van der Waals surface area contributed by atoms with Crippen molar-refractivity contribution in [2.75, 3.05) is 31.1 Å². The summed E-state index contributed by atoms with van der Waals surface area (Å²) in [6.07, 6.45) is 3.49. The van der Waals surface area contributed by atoms with Crippen LogP contribution in [-0.4, -0.2) is 50.8 Å². The first-order valence-corrected chi connectivity index (χ1v) is 10.6. The van der Waals surface area contributed by atoms with Gasteiger partial charge in [0.25, 0.3) is 0 Å². The second-order valence-electron chi connectivity index (χ2n) is 7.34. The molecule has 5 rings (SSSR count). The minimum atomic E-state index is 0.592. The minimum absolute atomic E-state index is 0.592. The summed E-state index contributed by atoms with van der Waals surface area (Å²) in [4.78, 5) is 13.8. The van der Waals surface area contributed by atoms with E-state index in [2.05, 4.69) is 24.9 Å². The quantitative estimate of drug-likeness (QED) is 0.471. The minimum Gasteiger partial charge on any atom is -0.353 e. The van der Waals surface area contributed by atoms with Crippen LogP contribution in [-0.2, 0) is 6.54 Å². The fraction of sp³-hybridized carbons (Fsp3) is 0.227. The van der Waals surface area contributed by atoms with Gasteiger partial charge in [-0.15, -0.1) is 0 Å². The lowest BCUT2D eigenvalue weighted by Gasteiger charge is -2.35. The molecule has 0 aliphatic carbocycles. The lowest BCUT2D eigenvalue weighted by atomic mass is 10.2. The van der Waals surface area contributed by atoms with E-state index in [-0.39, 0.29) is 0 Å². The Balaban J connectivity index is 1.32. The van der Waals surface area contributed by atoms with Gasteiger partial charge in [-0.3, -0.25) is 4.90 Å². The number of fused-ring (bicyclic) bond motifs is 1. The monoisotopic (exact) mass is 438 g/mol. The Labute approximate surface area is 184 Å². The number of anilines is 1. The highest BCUT2D eigenvalue weighted by molar-refractivity contribution is 6.42. The summed E-state index contributed by atoms with van der Waals surface area (Å²) in [5.74, 6) is 0.941. The fourth-order valence-corrected chi connectivity index (χ4v) is 4.18. The van der Waals surface area contributed by atoms with Gasteiger partial charge in [-0.25, -0.2) is 14.6 Å². The number of para-hydroxylation sites is 1. The maximum atomic E-state index is 6.16. The summed E-state index contributed by atoms with van der Waals surface area (Å²) >= 11 is 12.2. The molecule has 0 bridgehead atoms. The summed E-state index contributed by atoms with van der Waals surface area (Å²) in [5.41, 5.74) is 2.99. The molecule has 0 amide bonds. The molecule has 2 aromatic heterocycles. The Morgan fingerprint density at radius 1 is 0.867 bits per heavy atom. The van der Waals surface area contributed by atoms with Gasteiger partial charge in [-0.05, 0) is 29.8 Å². The number of hydrogen-bond acceptors (Lipinski definition) is 5. The van der Waals surface area contributed by atoms with Crippen molar-refractivity contribution in [1.82, 2.24) is 24.6 Å². The van der Waals surface area contributed by atoms with Gasteiger partial charge in [0, 0.05) is 32.7 Å². The Bertz CT molecular complexity index is 1170. The largest absolute Gasteiger partial charge is 0.353 e. The zero-order valence-electron chi connectivity index (χ0n) is 16.2. The smallest absolute Gasteiger partial charge is 0.168 e. The Morgan fingerprint density at radius 2 is 1.67 bits per heavy atom. The summed E-state index contributed by atoms with van der Waals surface area (Å²) in [6.45, 7) is 4.53. The van der Waals surface area contributed by atoms with E-state index in [0.717, 1.165) is 55.3 Å². The summed E-state index contributed by atoms with van der Waals surface area (Å²) in [5, 5.41) is 6.73. The number of piperazine rings is 1. The van der Waals surface area contributed by atoms with Gasteiger partial charge in [0.05, 0.1) is 27.3 Å². The van der Waals surface area contributed by atoms with Crippen LogP contribution in [0, 0.1) is 0 Å². The first-order valence-electron chi connectivity index (χ1n) is 9.84. The van der Waals surface area contributed by atoms with E-state index in [4.69, 9.17) is 23.2 Å². The second kappa shape index (κ2) is 8.22. The van der Waals surface area contributed by atoms with Gasteiger partial charge >= 0.3 is 0 Å². The average molecular weight is 439 g/mol. The molecular formula is C22H20Cl2N6. The Morgan fingerprint density at radius 3 is 2.43 bits per heavy atom. The van der Waals surface area contributed by atoms with Crippen molar-refractivity contribution >= 4 is 40.1 Å². The van der Waals surface area contributed by atoms with Crippen LogP contribution >= 0.6 is 23.2 Å². The average Bonchev–Trinajstić information content (AvgIpc) is 3.22. The molecule has 2 aromatic carbocycles. The molecule has 0 saturated carbocycles. The van der Waals surface area contributed by atoms with E-state index >= 15 is 0 Å². The molecule has 0 unspecified atom stereocenters. The lowest BCUT2D eigenvalue weighted by molar-refractivity contribution is 0.249. The maximum absolute atomic E-state index is 6.16. The number of benzene rings is 2. The topological polar surface area (TPSA) is 50.1 Å². The molecule has 1 fully saturated rings. The number of halogens is 2. The van der Waals surface area contributed by atoms with Crippen molar-refractivity contribution in [2.45, 2.75) is 6.54 Å². The molecule has 30 heavy (non-hydrogen) atoms. The first-order chi connectivity index (χ1) is 14.7. The van der Waals surface area contributed by atoms with Gasteiger partial charge in [-0.2, -0.15) is 5.10 Å². The second-order valence-corrected chi connectivity index (χ2v) is 8.15. The van der Waals surface area contributed by atoms with Crippen molar-refractivity contribution in [3.05, 3.63) is 76.7 Å². The van der Waals surface area contributed by atoms with Crippen LogP contribution in [0.5, 0.6) is 0 Å². The standard InChI is InChI=1S/C22H20Cl2N6/c23-19-7-6-16(12-20(19)24)14-28-8-10-29(11-9-28)21-18-13-27-30(22(18)26-15-25-21)17-4-2-1-3-5-17/h1-7,12-13,15H,8-11,14H2. The third kappa shape index (κ3) is 3.74. The fourth-order valence-electron chi connectivity index (χ4n) is 3.86. The molecule has 1 saturated heterocycles. The zero-order chi connectivity index (χ0) is 20.5. The van der Waals surface area contributed by atoms with E-state index < -0.39 is 0 Å². The molecule has 4 aromatic rings. The van der Waals surface area contributed by atoms with Gasteiger partial charge < -0.3 is 4.90 Å². The Kier molecular flexibility index (Phi) is 5.29. The van der Waals surface area contributed by atoms with Crippen molar-refractivity contribution in [3.63, 3.8) is 0 Å². The molecule has 3 heterocycles. The van der Waals surface area contributed by atoms with Gasteiger partial charge in [-0.1, -0.05) is 47.5 Å². The van der Waals surface area contributed by atoms with Gasteiger partial charge in [0.1, 0.15) is 12.1 Å². The highest BCUT2D eigenvalue weighted by Gasteiger charge is 2.21. The maximum Gasteiger partial charge on any atom is 0.168 e. The molecule has 1 aliphatic rings. The summed E-state index contributed by atoms with van der Waals surface area (Å²) in [7, 11) is 0. The van der Waals surface area contributed by atoms with Crippen LogP contribution in [0.4, 0.5) is 5.82 Å². The number of aromatic nitrogens is 4. The van der Waals surface area contributed by atoms with Crippen LogP contribution in [0.25, 0.3) is 16.7 Å². The molecule has 152 valence electrons. The summed E-state index contributed by atoms with van der Waals surface area (Å²) in [6, 6.07) is 15.9. The SMILES string of the molecule is Clc1ccc(CN2CCN(c3ncnc4c3cnn4-c3ccccc3)CC2)cc1Cl. The number of hydrogen-bond donors (Lipinski definition) is 0. The number of rotatable bonds is 4. The summed E-state index contributed by atoms with van der Waals surface area (Å²) < 4.78 is 1.86. The van der Waals surface area contributed by atoms with Gasteiger partial charge in [0.15, 0.2) is 5.65 Å². The van der Waals surface area contributed by atoms with Crippen LogP contribution in [0.3, 0.4) is 0 Å². The van der Waals surface area contributed by atoms with E-state index in [1.807, 2.05) is 59.4 Å². The predicted molar refractivity (Wildman–Crippen MR) is 121 cm³/mol. The van der Waals surface area contributed by atoms with Gasteiger partial charge in [0.2, 0.25) is 0 Å². The normalized spacial score (nSPS) is 15.1. The number of nitrogens with zero attached hydrogens (tertiary/aromatic N) is 6. The molecule has 0 atom stereocenters. The van der Waals surface area contributed by atoms with Crippen molar-refractivity contribution in [3.8, 4) is 5.69 Å². The van der Waals surface area contributed by atoms with E-state index in [0.29, 0.717) is 10.0 Å². The molecule has 0 N–H and O–H groups in total. The van der Waals surface area contributed by atoms with E-state index in [1.54, 1.807) is 6.33 Å². The molecule has 0 radical (unpaired) electrons. The third-order valence-corrected chi connectivity index (χ3v) is 6.15. The van der Waals surface area contributed by atoms with Crippen molar-refractivity contribution < 1.29 is 0 Å².